The number of hydrogen-bond acceptors (Lipinski definition) is 2. The molecule has 1 unspecified atom stereocenters. The fourth-order valence-electron chi connectivity index (χ4n) is 2.10. The monoisotopic (exact) mass is 308 g/mol. The molecular weight excluding hydrogens is 292 g/mol. The first-order valence-electron chi connectivity index (χ1n) is 5.87. The molecule has 4 heteroatoms. The Balaban J connectivity index is 2.33. The number of aliphatic hydroxyl groups is 1. The fraction of sp³-hybridized carbons (Fsp3) is 0.357. The zero-order chi connectivity index (χ0) is 13.3. The van der Waals surface area contributed by atoms with Crippen molar-refractivity contribution >= 4 is 15.9 Å². The summed E-state index contributed by atoms with van der Waals surface area (Å²) in [6.07, 6.45) is 0.523. The fourth-order valence-corrected chi connectivity index (χ4v) is 2.57. The van der Waals surface area contributed by atoms with E-state index in [1.807, 2.05) is 55.9 Å². The van der Waals surface area contributed by atoms with Gasteiger partial charge in [0.2, 0.25) is 0 Å². The van der Waals surface area contributed by atoms with Crippen LogP contribution in [-0.2, 0) is 19.1 Å². The molecule has 0 aliphatic carbocycles. The predicted octanol–water partition coefficient (Wildman–Crippen LogP) is 2.94. The highest BCUT2D eigenvalue weighted by Gasteiger charge is 2.26. The topological polar surface area (TPSA) is 38.0 Å². The summed E-state index contributed by atoms with van der Waals surface area (Å²) in [5, 5.41) is 15.0. The van der Waals surface area contributed by atoms with Gasteiger partial charge < -0.3 is 5.11 Å². The van der Waals surface area contributed by atoms with Gasteiger partial charge in [0.1, 0.15) is 0 Å². The van der Waals surface area contributed by atoms with E-state index in [0.29, 0.717) is 6.42 Å². The number of benzene rings is 1. The quantitative estimate of drug-likeness (QED) is 0.946. The maximum atomic E-state index is 10.6. The van der Waals surface area contributed by atoms with Crippen LogP contribution >= 0.6 is 15.9 Å². The Bertz CT molecular complexity index is 546. The van der Waals surface area contributed by atoms with E-state index in [-0.39, 0.29) is 0 Å². The first-order chi connectivity index (χ1) is 8.42. The third-order valence-electron chi connectivity index (χ3n) is 3.17. The lowest BCUT2D eigenvalue weighted by Gasteiger charge is -2.24. The SMILES string of the molecule is Cc1nn(C)c(CC(C)(O)c2ccccc2)c1Br. The molecule has 1 aromatic heterocycles. The molecule has 0 fully saturated rings. The van der Waals surface area contributed by atoms with E-state index in [4.69, 9.17) is 0 Å². The van der Waals surface area contributed by atoms with Crippen molar-refractivity contribution in [3.05, 3.63) is 51.8 Å². The van der Waals surface area contributed by atoms with Crippen LogP contribution in [0.2, 0.25) is 0 Å². The third-order valence-corrected chi connectivity index (χ3v) is 4.20. The minimum atomic E-state index is -0.899. The van der Waals surface area contributed by atoms with Gasteiger partial charge in [-0.3, -0.25) is 4.68 Å². The van der Waals surface area contributed by atoms with E-state index >= 15 is 0 Å². The van der Waals surface area contributed by atoms with Gasteiger partial charge in [0.05, 0.1) is 21.5 Å². The second-order valence-corrected chi connectivity index (χ2v) is 5.58. The number of hydrogen-bond donors (Lipinski definition) is 1. The number of aryl methyl sites for hydroxylation is 2. The summed E-state index contributed by atoms with van der Waals surface area (Å²) >= 11 is 3.53. The summed E-state index contributed by atoms with van der Waals surface area (Å²) in [7, 11) is 1.90. The van der Waals surface area contributed by atoms with Crippen molar-refractivity contribution < 1.29 is 5.11 Å². The molecule has 0 bridgehead atoms. The second kappa shape index (κ2) is 4.86. The number of aromatic nitrogens is 2. The highest BCUT2D eigenvalue weighted by atomic mass is 79.9. The molecule has 1 N–H and O–H groups in total. The molecular formula is C14H17BrN2O. The van der Waals surface area contributed by atoms with Crippen LogP contribution in [0.4, 0.5) is 0 Å². The number of halogens is 1. The van der Waals surface area contributed by atoms with Crippen LogP contribution in [0.15, 0.2) is 34.8 Å². The molecule has 1 aromatic carbocycles. The Morgan fingerprint density at radius 2 is 1.94 bits per heavy atom. The second-order valence-electron chi connectivity index (χ2n) is 4.79. The van der Waals surface area contributed by atoms with Crippen molar-refractivity contribution in [3.63, 3.8) is 0 Å². The Morgan fingerprint density at radius 1 is 1.33 bits per heavy atom. The maximum absolute atomic E-state index is 10.6. The van der Waals surface area contributed by atoms with Crippen molar-refractivity contribution in [2.75, 3.05) is 0 Å². The van der Waals surface area contributed by atoms with E-state index in [1.165, 1.54) is 0 Å². The lowest BCUT2D eigenvalue weighted by molar-refractivity contribution is 0.0554. The molecule has 1 atom stereocenters. The summed E-state index contributed by atoms with van der Waals surface area (Å²) in [6, 6.07) is 9.71. The van der Waals surface area contributed by atoms with E-state index in [2.05, 4.69) is 21.0 Å². The van der Waals surface area contributed by atoms with Crippen molar-refractivity contribution in [3.8, 4) is 0 Å². The average Bonchev–Trinajstić information content (AvgIpc) is 2.57. The van der Waals surface area contributed by atoms with Gasteiger partial charge in [0, 0.05) is 13.5 Å². The first-order valence-corrected chi connectivity index (χ1v) is 6.67. The van der Waals surface area contributed by atoms with Gasteiger partial charge >= 0.3 is 0 Å². The first kappa shape index (κ1) is 13.3. The molecule has 0 saturated heterocycles. The van der Waals surface area contributed by atoms with Gasteiger partial charge in [0.25, 0.3) is 0 Å². The molecule has 18 heavy (non-hydrogen) atoms. The maximum Gasteiger partial charge on any atom is 0.0924 e. The molecule has 96 valence electrons. The number of rotatable bonds is 3. The molecule has 0 spiro atoms. The van der Waals surface area contributed by atoms with Gasteiger partial charge in [-0.15, -0.1) is 0 Å². The average molecular weight is 309 g/mol. The molecule has 0 amide bonds. The van der Waals surface area contributed by atoms with E-state index < -0.39 is 5.60 Å². The van der Waals surface area contributed by atoms with Crippen LogP contribution in [0.3, 0.4) is 0 Å². The van der Waals surface area contributed by atoms with E-state index in [1.54, 1.807) is 0 Å². The van der Waals surface area contributed by atoms with Crippen LogP contribution in [0.5, 0.6) is 0 Å². The summed E-state index contributed by atoms with van der Waals surface area (Å²) in [5.74, 6) is 0. The Morgan fingerprint density at radius 3 is 2.44 bits per heavy atom. The molecule has 0 saturated carbocycles. The van der Waals surface area contributed by atoms with Crippen molar-refractivity contribution in [1.82, 2.24) is 9.78 Å². The van der Waals surface area contributed by atoms with Crippen LogP contribution < -0.4 is 0 Å². The van der Waals surface area contributed by atoms with Crippen molar-refractivity contribution in [2.24, 2.45) is 7.05 Å². The van der Waals surface area contributed by atoms with Gasteiger partial charge in [0.15, 0.2) is 0 Å². The molecule has 2 rings (SSSR count). The lowest BCUT2D eigenvalue weighted by Crippen LogP contribution is -2.25. The minimum Gasteiger partial charge on any atom is -0.385 e. The molecule has 1 heterocycles. The normalized spacial score (nSPS) is 14.5. The lowest BCUT2D eigenvalue weighted by atomic mass is 9.91. The minimum absolute atomic E-state index is 0.523. The third kappa shape index (κ3) is 2.49. The zero-order valence-corrected chi connectivity index (χ0v) is 12.4. The van der Waals surface area contributed by atoms with Gasteiger partial charge in [-0.05, 0) is 35.3 Å². The molecule has 0 aliphatic heterocycles. The van der Waals surface area contributed by atoms with E-state index in [0.717, 1.165) is 21.4 Å². The smallest absolute Gasteiger partial charge is 0.0924 e. The summed E-state index contributed by atoms with van der Waals surface area (Å²) in [4.78, 5) is 0. The molecule has 3 nitrogen and oxygen atoms in total. The van der Waals surface area contributed by atoms with E-state index in [9.17, 15) is 5.11 Å². The summed E-state index contributed by atoms with van der Waals surface area (Å²) < 4.78 is 2.79. The van der Waals surface area contributed by atoms with Crippen LogP contribution in [0.1, 0.15) is 23.9 Å². The van der Waals surface area contributed by atoms with Crippen LogP contribution in [-0.4, -0.2) is 14.9 Å². The van der Waals surface area contributed by atoms with Gasteiger partial charge in [-0.1, -0.05) is 30.3 Å². The predicted molar refractivity (Wildman–Crippen MR) is 75.4 cm³/mol. The highest BCUT2D eigenvalue weighted by Crippen LogP contribution is 2.29. The van der Waals surface area contributed by atoms with Gasteiger partial charge in [-0.2, -0.15) is 5.10 Å². The Kier molecular flexibility index (Phi) is 3.59. The van der Waals surface area contributed by atoms with Gasteiger partial charge in [-0.25, -0.2) is 0 Å². The Labute approximate surface area is 116 Å². The summed E-state index contributed by atoms with van der Waals surface area (Å²) in [6.45, 7) is 3.78. The van der Waals surface area contributed by atoms with Crippen LogP contribution in [0, 0.1) is 6.92 Å². The highest BCUT2D eigenvalue weighted by molar-refractivity contribution is 9.10. The molecule has 0 aliphatic rings. The molecule has 0 radical (unpaired) electrons. The van der Waals surface area contributed by atoms with Crippen molar-refractivity contribution in [1.29, 1.82) is 0 Å². The summed E-state index contributed by atoms with van der Waals surface area (Å²) in [5.41, 5.74) is 1.96. The standard InChI is InChI=1S/C14H17BrN2O/c1-10-13(15)12(17(3)16-10)9-14(2,18)11-7-5-4-6-8-11/h4-8,18H,9H2,1-3H3. The van der Waals surface area contributed by atoms with Crippen LogP contribution in [0.25, 0.3) is 0 Å². The van der Waals surface area contributed by atoms with Crippen molar-refractivity contribution in [2.45, 2.75) is 25.9 Å². The zero-order valence-electron chi connectivity index (χ0n) is 10.8. The Hall–Kier alpha value is -1.13. The largest absolute Gasteiger partial charge is 0.385 e. The number of nitrogens with zero attached hydrogens (tertiary/aromatic N) is 2. The molecule has 2 aromatic rings.